The first-order chi connectivity index (χ1) is 14.9. The van der Waals surface area contributed by atoms with Gasteiger partial charge in [-0.2, -0.15) is 4.98 Å². The predicted molar refractivity (Wildman–Crippen MR) is 123 cm³/mol. The zero-order valence-corrected chi connectivity index (χ0v) is 18.8. The number of rotatable bonds is 4. The number of anilines is 3. The molecule has 1 saturated heterocycles. The fourth-order valence-electron chi connectivity index (χ4n) is 4.57. The molecule has 3 heterocycles. The minimum Gasteiger partial charge on any atom is -0.365 e. The number of hydrogen-bond donors (Lipinski definition) is 4. The lowest BCUT2D eigenvalue weighted by Crippen LogP contribution is -2.61. The van der Waals surface area contributed by atoms with Crippen LogP contribution in [0.2, 0.25) is 0 Å². The predicted octanol–water partition coefficient (Wildman–Crippen LogP) is 2.95. The highest BCUT2D eigenvalue weighted by Crippen LogP contribution is 2.38. The molecule has 0 saturated carbocycles. The zero-order chi connectivity index (χ0) is 23.3. The van der Waals surface area contributed by atoms with Crippen LogP contribution in [0.4, 0.5) is 21.8 Å². The topological polar surface area (TPSA) is 119 Å². The Hall–Kier alpha value is -3.27. The van der Waals surface area contributed by atoms with Gasteiger partial charge in [-0.1, -0.05) is 0 Å². The summed E-state index contributed by atoms with van der Waals surface area (Å²) in [5.74, 6) is -0.204. The van der Waals surface area contributed by atoms with Gasteiger partial charge in [0.25, 0.3) is 5.56 Å². The number of aromatic nitrogens is 4. The summed E-state index contributed by atoms with van der Waals surface area (Å²) in [7, 11) is 2.12. The minimum absolute atomic E-state index is 0.0458. The third kappa shape index (κ3) is 4.22. The van der Waals surface area contributed by atoms with Crippen molar-refractivity contribution in [1.82, 2.24) is 24.8 Å². The number of fused-ring (bicyclic) bond motifs is 1. The number of H-pyrrole nitrogens is 2. The molecular formula is C22H28FN7O2. The molecule has 0 amide bonds. The molecule has 1 aromatic carbocycles. The lowest BCUT2D eigenvalue weighted by molar-refractivity contribution is -0.00778. The Labute approximate surface area is 184 Å². The Morgan fingerprint density at radius 2 is 1.81 bits per heavy atom. The molecule has 3 aromatic rings. The van der Waals surface area contributed by atoms with Gasteiger partial charge in [0.15, 0.2) is 11.6 Å². The Kier molecular flexibility index (Phi) is 5.28. The molecule has 2 aromatic heterocycles. The third-order valence-corrected chi connectivity index (χ3v) is 6.39. The number of nitrogens with one attached hydrogen (secondary N) is 4. The van der Waals surface area contributed by atoms with Gasteiger partial charge in [-0.05, 0) is 65.8 Å². The summed E-state index contributed by atoms with van der Waals surface area (Å²) in [4.78, 5) is 38.9. The fourth-order valence-corrected chi connectivity index (χ4v) is 4.57. The highest BCUT2D eigenvalue weighted by molar-refractivity contribution is 5.82. The van der Waals surface area contributed by atoms with Crippen LogP contribution in [0, 0.1) is 5.82 Å². The third-order valence-electron chi connectivity index (χ3n) is 6.39. The molecule has 1 aliphatic heterocycles. The number of benzene rings is 1. The number of likely N-dealkylation sites (tertiary alicyclic amines) is 1. The van der Waals surface area contributed by atoms with E-state index < -0.39 is 17.1 Å². The molecule has 0 radical (unpaired) electrons. The summed E-state index contributed by atoms with van der Waals surface area (Å²) in [5.41, 5.74) is -0.219. The van der Waals surface area contributed by atoms with Gasteiger partial charge in [0.1, 0.15) is 0 Å². The van der Waals surface area contributed by atoms with E-state index in [1.165, 1.54) is 0 Å². The Balaban J connectivity index is 1.58. The van der Waals surface area contributed by atoms with E-state index in [0.717, 1.165) is 19.0 Å². The number of hydrogen-bond acceptors (Lipinski definition) is 7. The molecule has 10 heteroatoms. The SMILES string of the molecule is CN1C(C)(C)CC(Nc2nc(Nc3ccc4[nH]c(=O)[nH]c(=O)c4c3)ncc2F)CC1(C)C. The van der Waals surface area contributed by atoms with Gasteiger partial charge in [-0.25, -0.2) is 14.2 Å². The molecule has 4 N–H and O–H groups in total. The summed E-state index contributed by atoms with van der Waals surface area (Å²) in [6.07, 6.45) is 2.80. The van der Waals surface area contributed by atoms with E-state index in [2.05, 4.69) is 70.2 Å². The van der Waals surface area contributed by atoms with E-state index in [-0.39, 0.29) is 28.9 Å². The van der Waals surface area contributed by atoms with Crippen LogP contribution in [-0.2, 0) is 0 Å². The van der Waals surface area contributed by atoms with Gasteiger partial charge in [0.2, 0.25) is 5.95 Å². The van der Waals surface area contributed by atoms with E-state index in [1.54, 1.807) is 18.2 Å². The van der Waals surface area contributed by atoms with E-state index in [1.807, 2.05) is 0 Å². The van der Waals surface area contributed by atoms with Crippen molar-refractivity contribution in [3.05, 3.63) is 51.1 Å². The van der Waals surface area contributed by atoms with E-state index in [4.69, 9.17) is 0 Å². The second-order valence-electron chi connectivity index (χ2n) is 9.62. The quantitative estimate of drug-likeness (QED) is 0.491. The van der Waals surface area contributed by atoms with Crippen LogP contribution in [-0.4, -0.2) is 49.0 Å². The van der Waals surface area contributed by atoms with Crippen LogP contribution in [0.15, 0.2) is 34.0 Å². The first-order valence-corrected chi connectivity index (χ1v) is 10.5. The van der Waals surface area contributed by atoms with Crippen molar-refractivity contribution in [1.29, 1.82) is 0 Å². The van der Waals surface area contributed by atoms with Crippen molar-refractivity contribution in [2.24, 2.45) is 0 Å². The Morgan fingerprint density at radius 1 is 1.12 bits per heavy atom. The maximum absolute atomic E-state index is 14.5. The van der Waals surface area contributed by atoms with Crippen LogP contribution in [0.5, 0.6) is 0 Å². The molecule has 0 atom stereocenters. The molecule has 0 spiro atoms. The van der Waals surface area contributed by atoms with E-state index in [9.17, 15) is 14.0 Å². The summed E-state index contributed by atoms with van der Waals surface area (Å²) in [6, 6.07) is 4.91. The molecule has 0 aliphatic carbocycles. The lowest BCUT2D eigenvalue weighted by atomic mass is 9.77. The fraction of sp³-hybridized carbons (Fsp3) is 0.455. The van der Waals surface area contributed by atoms with Crippen LogP contribution in [0.25, 0.3) is 10.9 Å². The number of halogens is 1. The van der Waals surface area contributed by atoms with Crippen LogP contribution in [0.3, 0.4) is 0 Å². The second-order valence-corrected chi connectivity index (χ2v) is 9.62. The van der Waals surface area contributed by atoms with Crippen molar-refractivity contribution in [2.75, 3.05) is 17.7 Å². The summed E-state index contributed by atoms with van der Waals surface area (Å²) >= 11 is 0. The van der Waals surface area contributed by atoms with Crippen molar-refractivity contribution in [3.8, 4) is 0 Å². The molecule has 9 nitrogen and oxygen atoms in total. The highest BCUT2D eigenvalue weighted by atomic mass is 19.1. The highest BCUT2D eigenvalue weighted by Gasteiger charge is 2.43. The average molecular weight is 442 g/mol. The van der Waals surface area contributed by atoms with Crippen molar-refractivity contribution in [3.63, 3.8) is 0 Å². The van der Waals surface area contributed by atoms with Gasteiger partial charge in [0, 0.05) is 22.8 Å². The number of aromatic amines is 2. The largest absolute Gasteiger partial charge is 0.365 e. The summed E-state index contributed by atoms with van der Waals surface area (Å²) in [6.45, 7) is 8.72. The second kappa shape index (κ2) is 7.70. The van der Waals surface area contributed by atoms with Crippen LogP contribution in [0.1, 0.15) is 40.5 Å². The van der Waals surface area contributed by atoms with Gasteiger partial charge < -0.3 is 15.6 Å². The molecular weight excluding hydrogens is 413 g/mol. The van der Waals surface area contributed by atoms with E-state index >= 15 is 0 Å². The number of piperidine rings is 1. The molecule has 0 bridgehead atoms. The molecule has 0 unspecified atom stereocenters. The summed E-state index contributed by atoms with van der Waals surface area (Å²) < 4.78 is 14.5. The molecule has 1 fully saturated rings. The summed E-state index contributed by atoms with van der Waals surface area (Å²) in [5, 5.41) is 6.58. The Morgan fingerprint density at radius 3 is 2.50 bits per heavy atom. The maximum Gasteiger partial charge on any atom is 0.326 e. The first-order valence-electron chi connectivity index (χ1n) is 10.5. The molecule has 1 aliphatic rings. The zero-order valence-electron chi connectivity index (χ0n) is 18.8. The van der Waals surface area contributed by atoms with Gasteiger partial charge in [0.05, 0.1) is 17.1 Å². The first kappa shape index (κ1) is 21.9. The van der Waals surface area contributed by atoms with Crippen LogP contribution < -0.4 is 21.9 Å². The van der Waals surface area contributed by atoms with Gasteiger partial charge in [-0.15, -0.1) is 0 Å². The molecule has 4 rings (SSSR count). The monoisotopic (exact) mass is 441 g/mol. The maximum atomic E-state index is 14.5. The van der Waals surface area contributed by atoms with Gasteiger partial charge >= 0.3 is 5.69 Å². The smallest absolute Gasteiger partial charge is 0.326 e. The molecule has 32 heavy (non-hydrogen) atoms. The average Bonchev–Trinajstić information content (AvgIpc) is 2.69. The lowest BCUT2D eigenvalue weighted by Gasteiger charge is -2.53. The minimum atomic E-state index is -0.568. The standard InChI is InChI=1S/C22H28FN7O2/c1-21(2)9-13(10-22(3,4)30(21)5)25-17-15(23)11-24-19(28-17)26-12-6-7-16-14(8-12)18(31)29-20(32)27-16/h6-8,11,13H,9-10H2,1-5H3,(H2,24,25,26,28)(H2,27,29,31,32). The molecule has 170 valence electrons. The number of nitrogens with zero attached hydrogens (tertiary/aromatic N) is 3. The van der Waals surface area contributed by atoms with Crippen molar-refractivity contribution >= 4 is 28.4 Å². The normalized spacial score (nSPS) is 18.6. The van der Waals surface area contributed by atoms with Crippen LogP contribution >= 0.6 is 0 Å². The van der Waals surface area contributed by atoms with Crippen molar-refractivity contribution < 1.29 is 4.39 Å². The van der Waals surface area contributed by atoms with Gasteiger partial charge in [-0.3, -0.25) is 14.7 Å². The van der Waals surface area contributed by atoms with Crippen molar-refractivity contribution in [2.45, 2.75) is 57.7 Å². The Bertz CT molecular complexity index is 1260. The van der Waals surface area contributed by atoms with E-state index in [0.29, 0.717) is 16.6 Å².